The van der Waals surface area contributed by atoms with Gasteiger partial charge in [0.2, 0.25) is 0 Å². The zero-order valence-corrected chi connectivity index (χ0v) is 11.0. The molecule has 2 aromatic carbocycles. The predicted molar refractivity (Wildman–Crippen MR) is 74.9 cm³/mol. The first-order valence-electron chi connectivity index (χ1n) is 6.49. The van der Waals surface area contributed by atoms with Crippen LogP contribution in [0.5, 0.6) is 23.0 Å². The molecule has 0 saturated heterocycles. The number of hydrogen-bond acceptors (Lipinski definition) is 3. The largest absolute Gasteiger partial charge is 0.508 e. The van der Waals surface area contributed by atoms with Crippen molar-refractivity contribution in [1.82, 2.24) is 0 Å². The molecular formula is C16H18O3. The number of para-hydroxylation sites is 1. The minimum Gasteiger partial charge on any atom is -0.508 e. The smallest absolute Gasteiger partial charge is 0.169 e. The van der Waals surface area contributed by atoms with Crippen molar-refractivity contribution in [3.63, 3.8) is 0 Å². The number of benzene rings is 2. The molecule has 0 aliphatic rings. The summed E-state index contributed by atoms with van der Waals surface area (Å²) >= 11 is 0. The average Bonchev–Trinajstić information content (AvgIpc) is 2.43. The Bertz CT molecular complexity index is 535. The molecule has 2 N–H and O–H groups in total. The predicted octanol–water partition coefficient (Wildman–Crippen LogP) is 4.23. The normalized spacial score (nSPS) is 10.4. The van der Waals surface area contributed by atoms with Gasteiger partial charge in [-0.15, -0.1) is 0 Å². The monoisotopic (exact) mass is 258 g/mol. The van der Waals surface area contributed by atoms with Crippen molar-refractivity contribution >= 4 is 0 Å². The molecule has 0 fully saturated rings. The molecule has 100 valence electrons. The van der Waals surface area contributed by atoms with Gasteiger partial charge in [0.25, 0.3) is 0 Å². The van der Waals surface area contributed by atoms with Gasteiger partial charge in [-0.1, -0.05) is 31.5 Å². The highest BCUT2D eigenvalue weighted by atomic mass is 16.5. The third-order valence-electron chi connectivity index (χ3n) is 2.97. The zero-order valence-electron chi connectivity index (χ0n) is 11.0. The Morgan fingerprint density at radius 1 is 1.00 bits per heavy atom. The van der Waals surface area contributed by atoms with Gasteiger partial charge in [0.15, 0.2) is 11.5 Å². The topological polar surface area (TPSA) is 49.7 Å². The fraction of sp³-hybridized carbons (Fsp3) is 0.250. The van der Waals surface area contributed by atoms with Gasteiger partial charge >= 0.3 is 0 Å². The Labute approximate surface area is 113 Å². The van der Waals surface area contributed by atoms with Gasteiger partial charge in [-0.05, 0) is 37.1 Å². The van der Waals surface area contributed by atoms with E-state index in [0.29, 0.717) is 23.5 Å². The van der Waals surface area contributed by atoms with E-state index in [2.05, 4.69) is 6.92 Å². The first-order chi connectivity index (χ1) is 9.22. The lowest BCUT2D eigenvalue weighted by Gasteiger charge is -2.12. The molecule has 2 aromatic rings. The third-order valence-corrected chi connectivity index (χ3v) is 2.97. The Morgan fingerprint density at radius 2 is 1.74 bits per heavy atom. The van der Waals surface area contributed by atoms with E-state index < -0.39 is 0 Å². The molecule has 0 aromatic heterocycles. The van der Waals surface area contributed by atoms with Crippen molar-refractivity contribution in [3.8, 4) is 23.0 Å². The summed E-state index contributed by atoms with van der Waals surface area (Å²) in [6.07, 6.45) is 2.55. The summed E-state index contributed by atoms with van der Waals surface area (Å²) in [7, 11) is 0. The van der Waals surface area contributed by atoms with Gasteiger partial charge in [-0.3, -0.25) is 0 Å². The van der Waals surface area contributed by atoms with Crippen molar-refractivity contribution in [2.24, 2.45) is 0 Å². The third kappa shape index (κ3) is 3.19. The maximum absolute atomic E-state index is 10.2. The van der Waals surface area contributed by atoms with E-state index in [0.717, 1.165) is 12.8 Å². The molecule has 0 aliphatic heterocycles. The van der Waals surface area contributed by atoms with E-state index in [9.17, 15) is 10.2 Å². The molecule has 0 aliphatic carbocycles. The maximum Gasteiger partial charge on any atom is 0.169 e. The molecule has 2 rings (SSSR count). The summed E-state index contributed by atoms with van der Waals surface area (Å²) in [4.78, 5) is 0. The van der Waals surface area contributed by atoms with Crippen LogP contribution in [0.4, 0.5) is 0 Å². The number of aromatic hydroxyl groups is 2. The Morgan fingerprint density at radius 3 is 2.42 bits per heavy atom. The standard InChI is InChI=1S/C16H18O3/c1-2-3-9-13-14(17)10-11-15(16(13)18)19-12-7-5-4-6-8-12/h4-8,10-11,17-18H,2-3,9H2,1H3. The molecule has 19 heavy (non-hydrogen) atoms. The van der Waals surface area contributed by atoms with Crippen LogP contribution < -0.4 is 4.74 Å². The van der Waals surface area contributed by atoms with Gasteiger partial charge in [0.1, 0.15) is 11.5 Å². The van der Waals surface area contributed by atoms with Crippen LogP contribution in [0.2, 0.25) is 0 Å². The number of rotatable bonds is 5. The Hall–Kier alpha value is -2.16. The fourth-order valence-electron chi connectivity index (χ4n) is 1.90. The highest BCUT2D eigenvalue weighted by Gasteiger charge is 2.13. The molecule has 0 unspecified atom stereocenters. The van der Waals surface area contributed by atoms with Crippen molar-refractivity contribution in [1.29, 1.82) is 0 Å². The summed E-state index contributed by atoms with van der Waals surface area (Å²) in [6.45, 7) is 2.07. The average molecular weight is 258 g/mol. The van der Waals surface area contributed by atoms with Crippen molar-refractivity contribution in [3.05, 3.63) is 48.0 Å². The lowest BCUT2D eigenvalue weighted by Crippen LogP contribution is -1.91. The van der Waals surface area contributed by atoms with Crippen molar-refractivity contribution < 1.29 is 14.9 Å². The molecule has 3 nitrogen and oxygen atoms in total. The highest BCUT2D eigenvalue weighted by Crippen LogP contribution is 2.39. The van der Waals surface area contributed by atoms with Gasteiger partial charge in [-0.25, -0.2) is 0 Å². The van der Waals surface area contributed by atoms with E-state index in [-0.39, 0.29) is 11.5 Å². The van der Waals surface area contributed by atoms with Crippen LogP contribution in [0, 0.1) is 0 Å². The molecule has 0 radical (unpaired) electrons. The Balaban J connectivity index is 2.26. The first kappa shape index (κ1) is 13.3. The molecular weight excluding hydrogens is 240 g/mol. The second-order valence-corrected chi connectivity index (χ2v) is 4.43. The summed E-state index contributed by atoms with van der Waals surface area (Å²) in [6, 6.07) is 12.4. The minimum absolute atomic E-state index is 0.0253. The van der Waals surface area contributed by atoms with Crippen LogP contribution in [-0.2, 0) is 6.42 Å². The Kier molecular flexibility index (Phi) is 4.29. The SMILES string of the molecule is CCCCc1c(O)ccc(Oc2ccccc2)c1O. The lowest BCUT2D eigenvalue weighted by molar-refractivity contribution is 0.395. The van der Waals surface area contributed by atoms with Crippen molar-refractivity contribution in [2.45, 2.75) is 26.2 Å². The quantitative estimate of drug-likeness (QED) is 0.843. The summed E-state index contributed by atoms with van der Waals surface area (Å²) in [5.74, 6) is 1.17. The second kappa shape index (κ2) is 6.14. The van der Waals surface area contributed by atoms with Crippen LogP contribution in [0.15, 0.2) is 42.5 Å². The summed E-state index contributed by atoms with van der Waals surface area (Å²) in [5, 5.41) is 20.0. The summed E-state index contributed by atoms with van der Waals surface area (Å²) < 4.78 is 5.62. The van der Waals surface area contributed by atoms with Crippen LogP contribution in [-0.4, -0.2) is 10.2 Å². The van der Waals surface area contributed by atoms with E-state index >= 15 is 0 Å². The van der Waals surface area contributed by atoms with Crippen LogP contribution in [0.3, 0.4) is 0 Å². The summed E-state index contributed by atoms with van der Waals surface area (Å²) in [5.41, 5.74) is 0.551. The lowest BCUT2D eigenvalue weighted by atomic mass is 10.1. The van der Waals surface area contributed by atoms with E-state index in [1.165, 1.54) is 0 Å². The van der Waals surface area contributed by atoms with E-state index in [4.69, 9.17) is 4.74 Å². The molecule has 0 heterocycles. The maximum atomic E-state index is 10.2. The molecule has 0 spiro atoms. The fourth-order valence-corrected chi connectivity index (χ4v) is 1.90. The van der Waals surface area contributed by atoms with Gasteiger partial charge < -0.3 is 14.9 Å². The molecule has 0 bridgehead atoms. The second-order valence-electron chi connectivity index (χ2n) is 4.43. The van der Waals surface area contributed by atoms with Crippen LogP contribution in [0.1, 0.15) is 25.3 Å². The van der Waals surface area contributed by atoms with E-state index in [1.54, 1.807) is 12.1 Å². The minimum atomic E-state index is 0.0253. The van der Waals surface area contributed by atoms with Crippen LogP contribution in [0.25, 0.3) is 0 Å². The van der Waals surface area contributed by atoms with Gasteiger partial charge in [-0.2, -0.15) is 0 Å². The van der Waals surface area contributed by atoms with Crippen LogP contribution >= 0.6 is 0 Å². The number of hydrogen-bond donors (Lipinski definition) is 2. The molecule has 0 atom stereocenters. The highest BCUT2D eigenvalue weighted by molar-refractivity contribution is 5.53. The number of unbranched alkanes of at least 4 members (excludes halogenated alkanes) is 1. The molecule has 3 heteroatoms. The number of ether oxygens (including phenoxy) is 1. The zero-order chi connectivity index (χ0) is 13.7. The van der Waals surface area contributed by atoms with Gasteiger partial charge in [0, 0.05) is 5.56 Å². The molecule has 0 amide bonds. The van der Waals surface area contributed by atoms with Crippen molar-refractivity contribution in [2.75, 3.05) is 0 Å². The molecule has 0 saturated carbocycles. The van der Waals surface area contributed by atoms with E-state index in [1.807, 2.05) is 30.3 Å². The van der Waals surface area contributed by atoms with Gasteiger partial charge in [0.05, 0.1) is 0 Å². The number of phenolic OH excluding ortho intramolecular Hbond substituents is 2. The first-order valence-corrected chi connectivity index (χ1v) is 6.49. The number of phenols is 2.